The van der Waals surface area contributed by atoms with E-state index in [1.54, 1.807) is 0 Å². The normalized spacial score (nSPS) is 25.7. The smallest absolute Gasteiger partial charge is 0.00483 e. The first-order valence-electron chi connectivity index (χ1n) is 7.98. The van der Waals surface area contributed by atoms with Crippen molar-refractivity contribution in [2.45, 2.75) is 51.5 Å². The highest BCUT2D eigenvalue weighted by Crippen LogP contribution is 2.20. The van der Waals surface area contributed by atoms with Gasteiger partial charge in [-0.1, -0.05) is 6.92 Å². The molecule has 0 aliphatic carbocycles. The molecule has 3 nitrogen and oxygen atoms in total. The molecule has 2 fully saturated rings. The molecule has 2 rings (SSSR count). The van der Waals surface area contributed by atoms with Crippen LogP contribution in [0.25, 0.3) is 0 Å². The second kappa shape index (κ2) is 7.46. The van der Waals surface area contributed by atoms with E-state index in [0.29, 0.717) is 6.04 Å². The Labute approximate surface area is 113 Å². The van der Waals surface area contributed by atoms with Crippen molar-refractivity contribution in [2.75, 3.05) is 39.3 Å². The Hall–Kier alpha value is -0.120. The summed E-state index contributed by atoms with van der Waals surface area (Å²) in [5.41, 5.74) is 5.99. The quantitative estimate of drug-likeness (QED) is 0.785. The number of likely N-dealkylation sites (tertiary alicyclic amines) is 2. The van der Waals surface area contributed by atoms with Crippen molar-refractivity contribution < 1.29 is 0 Å². The van der Waals surface area contributed by atoms with Gasteiger partial charge in [-0.3, -0.25) is 0 Å². The van der Waals surface area contributed by atoms with E-state index in [9.17, 15) is 0 Å². The predicted molar refractivity (Wildman–Crippen MR) is 77.7 cm³/mol. The van der Waals surface area contributed by atoms with E-state index in [4.69, 9.17) is 5.73 Å². The van der Waals surface area contributed by atoms with Gasteiger partial charge in [0.15, 0.2) is 0 Å². The van der Waals surface area contributed by atoms with Crippen LogP contribution < -0.4 is 5.73 Å². The number of hydrogen-bond acceptors (Lipinski definition) is 3. The highest BCUT2D eigenvalue weighted by atomic mass is 15.2. The first-order valence-corrected chi connectivity index (χ1v) is 7.98. The number of nitrogens with two attached hydrogens (primary N) is 1. The third kappa shape index (κ3) is 4.52. The number of piperidine rings is 1. The lowest BCUT2D eigenvalue weighted by Gasteiger charge is -2.34. The highest BCUT2D eigenvalue weighted by Gasteiger charge is 2.22. The molecule has 2 aliphatic heterocycles. The lowest BCUT2D eigenvalue weighted by atomic mass is 9.96. The average molecular weight is 253 g/mol. The van der Waals surface area contributed by atoms with E-state index in [1.807, 2.05) is 0 Å². The molecule has 18 heavy (non-hydrogen) atoms. The summed E-state index contributed by atoms with van der Waals surface area (Å²) in [5, 5.41) is 0. The van der Waals surface area contributed by atoms with Crippen LogP contribution in [-0.2, 0) is 0 Å². The summed E-state index contributed by atoms with van der Waals surface area (Å²) in [7, 11) is 0. The average Bonchev–Trinajstić information content (AvgIpc) is 2.90. The molecule has 0 amide bonds. The molecule has 1 unspecified atom stereocenters. The topological polar surface area (TPSA) is 32.5 Å². The van der Waals surface area contributed by atoms with Crippen molar-refractivity contribution in [1.29, 1.82) is 0 Å². The van der Waals surface area contributed by atoms with E-state index in [0.717, 1.165) is 12.3 Å². The molecule has 0 spiro atoms. The van der Waals surface area contributed by atoms with Gasteiger partial charge in [0, 0.05) is 12.6 Å². The SMILES string of the molecule is CCC(N)CCN1CCC(CN2CCCC2)CC1. The third-order valence-electron chi connectivity index (χ3n) is 4.76. The monoisotopic (exact) mass is 253 g/mol. The molecular weight excluding hydrogens is 222 g/mol. The maximum absolute atomic E-state index is 5.99. The van der Waals surface area contributed by atoms with E-state index < -0.39 is 0 Å². The summed E-state index contributed by atoms with van der Waals surface area (Å²) >= 11 is 0. The minimum Gasteiger partial charge on any atom is -0.328 e. The van der Waals surface area contributed by atoms with E-state index >= 15 is 0 Å². The van der Waals surface area contributed by atoms with Crippen LogP contribution in [-0.4, -0.2) is 55.1 Å². The largest absolute Gasteiger partial charge is 0.328 e. The van der Waals surface area contributed by atoms with Crippen molar-refractivity contribution in [2.24, 2.45) is 11.7 Å². The van der Waals surface area contributed by atoms with E-state index in [1.165, 1.54) is 71.4 Å². The van der Waals surface area contributed by atoms with Gasteiger partial charge in [-0.2, -0.15) is 0 Å². The zero-order valence-electron chi connectivity index (χ0n) is 12.1. The molecule has 2 saturated heterocycles. The molecule has 0 aromatic rings. The lowest BCUT2D eigenvalue weighted by Crippen LogP contribution is -2.39. The van der Waals surface area contributed by atoms with Crippen LogP contribution in [0.15, 0.2) is 0 Å². The molecule has 0 aromatic carbocycles. The number of nitrogens with zero attached hydrogens (tertiary/aromatic N) is 2. The molecule has 2 N–H and O–H groups in total. The standard InChI is InChI=1S/C15H31N3/c1-2-15(16)7-12-17-10-5-14(6-11-17)13-18-8-3-4-9-18/h14-15H,2-13,16H2,1H3. The summed E-state index contributed by atoms with van der Waals surface area (Å²) < 4.78 is 0. The van der Waals surface area contributed by atoms with Gasteiger partial charge in [0.25, 0.3) is 0 Å². The van der Waals surface area contributed by atoms with Crippen molar-refractivity contribution in [3.8, 4) is 0 Å². The second-order valence-electron chi connectivity index (χ2n) is 6.25. The van der Waals surface area contributed by atoms with Gasteiger partial charge in [0.1, 0.15) is 0 Å². The lowest BCUT2D eigenvalue weighted by molar-refractivity contribution is 0.150. The highest BCUT2D eigenvalue weighted by molar-refractivity contribution is 4.77. The Balaban J connectivity index is 1.58. The van der Waals surface area contributed by atoms with Crippen LogP contribution in [0.5, 0.6) is 0 Å². The fourth-order valence-electron chi connectivity index (χ4n) is 3.28. The maximum atomic E-state index is 5.99. The van der Waals surface area contributed by atoms with Crippen molar-refractivity contribution in [3.63, 3.8) is 0 Å². The zero-order chi connectivity index (χ0) is 12.8. The van der Waals surface area contributed by atoms with Crippen molar-refractivity contribution in [1.82, 2.24) is 9.80 Å². The molecule has 0 radical (unpaired) electrons. The van der Waals surface area contributed by atoms with Crippen LogP contribution in [0.4, 0.5) is 0 Å². The number of rotatable bonds is 6. The van der Waals surface area contributed by atoms with Gasteiger partial charge in [-0.15, -0.1) is 0 Å². The van der Waals surface area contributed by atoms with Gasteiger partial charge in [0.05, 0.1) is 0 Å². The fourth-order valence-corrected chi connectivity index (χ4v) is 3.28. The first kappa shape index (κ1) is 14.3. The summed E-state index contributed by atoms with van der Waals surface area (Å²) in [5.74, 6) is 0.958. The molecule has 106 valence electrons. The van der Waals surface area contributed by atoms with Gasteiger partial charge in [0.2, 0.25) is 0 Å². The number of hydrogen-bond donors (Lipinski definition) is 1. The third-order valence-corrected chi connectivity index (χ3v) is 4.76. The molecule has 3 heteroatoms. The van der Waals surface area contributed by atoms with Gasteiger partial charge < -0.3 is 15.5 Å². The van der Waals surface area contributed by atoms with E-state index in [-0.39, 0.29) is 0 Å². The summed E-state index contributed by atoms with van der Waals surface area (Å²) in [4.78, 5) is 5.29. The predicted octanol–water partition coefficient (Wildman–Crippen LogP) is 1.92. The van der Waals surface area contributed by atoms with Crippen LogP contribution in [0, 0.1) is 5.92 Å². The molecule has 0 bridgehead atoms. The molecule has 0 saturated carbocycles. The Bertz CT molecular complexity index is 218. The van der Waals surface area contributed by atoms with Crippen LogP contribution >= 0.6 is 0 Å². The van der Waals surface area contributed by atoms with Gasteiger partial charge >= 0.3 is 0 Å². The van der Waals surface area contributed by atoms with Crippen molar-refractivity contribution in [3.05, 3.63) is 0 Å². The summed E-state index contributed by atoms with van der Waals surface area (Å²) in [6.45, 7) is 10.1. The summed E-state index contributed by atoms with van der Waals surface area (Å²) in [6, 6.07) is 0.410. The van der Waals surface area contributed by atoms with Gasteiger partial charge in [-0.05, 0) is 77.2 Å². The Morgan fingerprint density at radius 1 is 1.06 bits per heavy atom. The fraction of sp³-hybridized carbons (Fsp3) is 1.00. The zero-order valence-corrected chi connectivity index (χ0v) is 12.1. The molecule has 0 aromatic heterocycles. The van der Waals surface area contributed by atoms with Crippen LogP contribution in [0.3, 0.4) is 0 Å². The minimum absolute atomic E-state index is 0.410. The first-order chi connectivity index (χ1) is 8.78. The molecule has 1 atom stereocenters. The Morgan fingerprint density at radius 2 is 1.72 bits per heavy atom. The van der Waals surface area contributed by atoms with Crippen LogP contribution in [0.1, 0.15) is 45.4 Å². The molecular formula is C15H31N3. The van der Waals surface area contributed by atoms with Crippen molar-refractivity contribution >= 4 is 0 Å². The summed E-state index contributed by atoms with van der Waals surface area (Å²) in [6.07, 6.45) is 7.94. The Morgan fingerprint density at radius 3 is 2.33 bits per heavy atom. The van der Waals surface area contributed by atoms with Gasteiger partial charge in [-0.25, -0.2) is 0 Å². The van der Waals surface area contributed by atoms with E-state index in [2.05, 4.69) is 16.7 Å². The minimum atomic E-state index is 0.410. The van der Waals surface area contributed by atoms with Crippen LogP contribution in [0.2, 0.25) is 0 Å². The molecule has 2 heterocycles. The Kier molecular flexibility index (Phi) is 5.93. The molecule has 2 aliphatic rings. The second-order valence-corrected chi connectivity index (χ2v) is 6.25. The maximum Gasteiger partial charge on any atom is 0.00483 e.